The highest BCUT2D eigenvalue weighted by Crippen LogP contribution is 2.38. The molecule has 0 bridgehead atoms. The van der Waals surface area contributed by atoms with E-state index in [-0.39, 0.29) is 29.5 Å². The van der Waals surface area contributed by atoms with Crippen molar-refractivity contribution >= 4 is 11.8 Å². The van der Waals surface area contributed by atoms with Crippen LogP contribution in [0, 0.1) is 17.7 Å². The molecule has 2 N–H and O–H groups in total. The summed E-state index contributed by atoms with van der Waals surface area (Å²) in [6.45, 7) is 1.01. The third kappa shape index (κ3) is 5.55. The third-order valence-electron chi connectivity index (χ3n) is 4.94. The van der Waals surface area contributed by atoms with Crippen molar-refractivity contribution in [2.75, 3.05) is 20.2 Å². The molecule has 2 unspecified atom stereocenters. The Labute approximate surface area is 164 Å². The lowest BCUT2D eigenvalue weighted by Gasteiger charge is -2.07. The van der Waals surface area contributed by atoms with E-state index in [1.807, 2.05) is 24.3 Å². The van der Waals surface area contributed by atoms with Gasteiger partial charge in [-0.3, -0.25) is 9.59 Å². The van der Waals surface area contributed by atoms with E-state index in [0.717, 1.165) is 16.9 Å². The van der Waals surface area contributed by atoms with Gasteiger partial charge >= 0.3 is 0 Å². The van der Waals surface area contributed by atoms with Crippen molar-refractivity contribution < 1.29 is 18.7 Å². The molecule has 2 aromatic rings. The Kier molecular flexibility index (Phi) is 6.63. The van der Waals surface area contributed by atoms with Crippen LogP contribution in [0.2, 0.25) is 0 Å². The average molecular weight is 384 g/mol. The standard InChI is InChI=1S/C22H25FN2O3/c1-28-18-4-2-3-16(13-18)10-12-25-22(27)20-14-19(20)21(26)24-11-9-15-5-7-17(23)8-6-15/h2-8,13,19-20H,9-12,14H2,1H3,(H,24,26)(H,25,27). The molecule has 1 fully saturated rings. The summed E-state index contributed by atoms with van der Waals surface area (Å²) in [5, 5.41) is 5.77. The first kappa shape index (κ1) is 19.9. The van der Waals surface area contributed by atoms with Gasteiger partial charge in [0.1, 0.15) is 11.6 Å². The van der Waals surface area contributed by atoms with Crippen LogP contribution in [0.4, 0.5) is 4.39 Å². The SMILES string of the molecule is COc1cccc(CCNC(=O)C2CC2C(=O)NCCc2ccc(F)cc2)c1. The summed E-state index contributed by atoms with van der Waals surface area (Å²) in [7, 11) is 1.62. The van der Waals surface area contributed by atoms with E-state index in [2.05, 4.69) is 10.6 Å². The van der Waals surface area contributed by atoms with Gasteiger partial charge < -0.3 is 15.4 Å². The molecule has 0 radical (unpaired) electrons. The van der Waals surface area contributed by atoms with Gasteiger partial charge in [0.25, 0.3) is 0 Å². The largest absolute Gasteiger partial charge is 0.497 e. The average Bonchev–Trinajstić information content (AvgIpc) is 3.51. The number of carbonyl (C=O) groups excluding carboxylic acids is 2. The van der Waals surface area contributed by atoms with Crippen LogP contribution in [0.1, 0.15) is 17.5 Å². The molecule has 2 amide bonds. The molecule has 0 saturated heterocycles. The number of benzene rings is 2. The lowest BCUT2D eigenvalue weighted by molar-refractivity contribution is -0.127. The van der Waals surface area contributed by atoms with Crippen molar-refractivity contribution in [3.05, 3.63) is 65.5 Å². The van der Waals surface area contributed by atoms with Crippen LogP contribution in [0.25, 0.3) is 0 Å². The minimum atomic E-state index is -0.272. The minimum Gasteiger partial charge on any atom is -0.497 e. The van der Waals surface area contributed by atoms with Crippen LogP contribution in [-0.2, 0) is 22.4 Å². The summed E-state index contributed by atoms with van der Waals surface area (Å²) >= 11 is 0. The Balaban J connectivity index is 1.34. The molecule has 6 heteroatoms. The molecule has 0 aromatic heterocycles. The number of amides is 2. The summed E-state index contributed by atoms with van der Waals surface area (Å²) in [6.07, 6.45) is 1.94. The quantitative estimate of drug-likeness (QED) is 0.698. The highest BCUT2D eigenvalue weighted by atomic mass is 19.1. The van der Waals surface area contributed by atoms with Crippen LogP contribution >= 0.6 is 0 Å². The summed E-state index contributed by atoms with van der Waals surface area (Å²) in [6, 6.07) is 14.0. The smallest absolute Gasteiger partial charge is 0.223 e. The maximum atomic E-state index is 12.9. The Morgan fingerprint density at radius 2 is 1.57 bits per heavy atom. The minimum absolute atomic E-state index is 0.0680. The predicted molar refractivity (Wildman–Crippen MR) is 104 cm³/mol. The summed E-state index contributed by atoms with van der Waals surface area (Å²) < 4.78 is 18.1. The fourth-order valence-corrected chi connectivity index (χ4v) is 3.18. The zero-order valence-electron chi connectivity index (χ0n) is 15.9. The third-order valence-corrected chi connectivity index (χ3v) is 4.94. The number of nitrogens with one attached hydrogen (secondary N) is 2. The first-order valence-corrected chi connectivity index (χ1v) is 9.49. The second kappa shape index (κ2) is 9.35. The molecule has 0 aliphatic heterocycles. The molecule has 0 heterocycles. The molecule has 3 rings (SSSR count). The monoisotopic (exact) mass is 384 g/mol. The van der Waals surface area contributed by atoms with Gasteiger partial charge in [-0.1, -0.05) is 24.3 Å². The Bertz CT molecular complexity index is 823. The van der Waals surface area contributed by atoms with E-state index in [1.165, 1.54) is 12.1 Å². The summed E-state index contributed by atoms with van der Waals surface area (Å²) in [5.74, 6) is -0.118. The second-order valence-electron chi connectivity index (χ2n) is 7.01. The number of ether oxygens (including phenoxy) is 1. The van der Waals surface area contributed by atoms with Gasteiger partial charge in [-0.15, -0.1) is 0 Å². The second-order valence-corrected chi connectivity index (χ2v) is 7.01. The van der Waals surface area contributed by atoms with Gasteiger partial charge in [-0.25, -0.2) is 4.39 Å². The van der Waals surface area contributed by atoms with Crippen molar-refractivity contribution in [3.63, 3.8) is 0 Å². The van der Waals surface area contributed by atoms with Crippen LogP contribution in [-0.4, -0.2) is 32.0 Å². The van der Waals surface area contributed by atoms with Gasteiger partial charge in [0.2, 0.25) is 11.8 Å². The number of rotatable bonds is 9. The zero-order valence-corrected chi connectivity index (χ0v) is 15.9. The van der Waals surface area contributed by atoms with Gasteiger partial charge in [0, 0.05) is 13.1 Å². The van der Waals surface area contributed by atoms with Crippen molar-refractivity contribution in [2.45, 2.75) is 19.3 Å². The van der Waals surface area contributed by atoms with E-state index >= 15 is 0 Å². The first-order chi connectivity index (χ1) is 13.6. The molecule has 1 aliphatic carbocycles. The lowest BCUT2D eigenvalue weighted by atomic mass is 10.1. The van der Waals surface area contributed by atoms with Gasteiger partial charge in [0.05, 0.1) is 18.9 Å². The molecular weight excluding hydrogens is 359 g/mol. The van der Waals surface area contributed by atoms with Crippen LogP contribution in [0.5, 0.6) is 5.75 Å². The van der Waals surface area contributed by atoms with Gasteiger partial charge in [0.15, 0.2) is 0 Å². The highest BCUT2D eigenvalue weighted by molar-refractivity contribution is 5.92. The van der Waals surface area contributed by atoms with Crippen LogP contribution in [0.3, 0.4) is 0 Å². The van der Waals surface area contributed by atoms with Crippen molar-refractivity contribution in [1.82, 2.24) is 10.6 Å². The molecule has 1 aliphatic rings. The summed E-state index contributed by atoms with van der Waals surface area (Å²) in [5.41, 5.74) is 2.05. The molecule has 0 spiro atoms. The molecule has 2 aromatic carbocycles. The Hall–Kier alpha value is -2.89. The summed E-state index contributed by atoms with van der Waals surface area (Å²) in [4.78, 5) is 24.4. The van der Waals surface area contributed by atoms with E-state index in [4.69, 9.17) is 4.74 Å². The van der Waals surface area contributed by atoms with Crippen molar-refractivity contribution in [3.8, 4) is 5.75 Å². The van der Waals surface area contributed by atoms with Crippen molar-refractivity contribution in [2.24, 2.45) is 11.8 Å². The fourth-order valence-electron chi connectivity index (χ4n) is 3.18. The topological polar surface area (TPSA) is 67.4 Å². The molecule has 2 atom stereocenters. The first-order valence-electron chi connectivity index (χ1n) is 9.49. The number of halogens is 1. The van der Waals surface area contributed by atoms with E-state index in [0.29, 0.717) is 32.4 Å². The Morgan fingerprint density at radius 1 is 0.964 bits per heavy atom. The number of methoxy groups -OCH3 is 1. The molecule has 1 saturated carbocycles. The predicted octanol–water partition coefficient (Wildman–Crippen LogP) is 2.49. The van der Waals surface area contributed by atoms with E-state index in [1.54, 1.807) is 19.2 Å². The number of hydrogen-bond donors (Lipinski definition) is 2. The highest BCUT2D eigenvalue weighted by Gasteiger charge is 2.47. The number of hydrogen-bond acceptors (Lipinski definition) is 3. The normalized spacial score (nSPS) is 17.6. The number of carbonyl (C=O) groups is 2. The maximum absolute atomic E-state index is 12.9. The Morgan fingerprint density at radius 3 is 2.18 bits per heavy atom. The molecule has 148 valence electrons. The fraction of sp³-hybridized carbons (Fsp3) is 0.364. The molecule has 5 nitrogen and oxygen atoms in total. The van der Waals surface area contributed by atoms with Crippen LogP contribution in [0.15, 0.2) is 48.5 Å². The van der Waals surface area contributed by atoms with Gasteiger partial charge in [-0.05, 0) is 54.7 Å². The maximum Gasteiger partial charge on any atom is 0.223 e. The van der Waals surface area contributed by atoms with Crippen LogP contribution < -0.4 is 15.4 Å². The van der Waals surface area contributed by atoms with E-state index < -0.39 is 0 Å². The van der Waals surface area contributed by atoms with Gasteiger partial charge in [-0.2, -0.15) is 0 Å². The molecular formula is C22H25FN2O3. The van der Waals surface area contributed by atoms with E-state index in [9.17, 15) is 14.0 Å². The lowest BCUT2D eigenvalue weighted by Crippen LogP contribution is -2.32. The van der Waals surface area contributed by atoms with Crippen molar-refractivity contribution in [1.29, 1.82) is 0 Å². The molecule has 28 heavy (non-hydrogen) atoms. The zero-order chi connectivity index (χ0) is 19.9.